The molecule has 1 fully saturated rings. The summed E-state index contributed by atoms with van der Waals surface area (Å²) in [5.74, 6) is -0.776. The minimum absolute atomic E-state index is 0.0289. The number of sulfone groups is 1. The highest BCUT2D eigenvalue weighted by Gasteiger charge is 2.45. The molecule has 33 heavy (non-hydrogen) atoms. The lowest BCUT2D eigenvalue weighted by molar-refractivity contribution is -0.274. The van der Waals surface area contributed by atoms with Gasteiger partial charge in [0.15, 0.2) is 15.6 Å². The normalized spacial score (nSPS) is 17.2. The second-order valence-electron chi connectivity index (χ2n) is 8.88. The van der Waals surface area contributed by atoms with Gasteiger partial charge in [0.05, 0.1) is 23.2 Å². The summed E-state index contributed by atoms with van der Waals surface area (Å²) in [6.07, 6.45) is -1.11. The molecule has 0 atom stereocenters. The van der Waals surface area contributed by atoms with E-state index < -0.39 is 27.4 Å². The van der Waals surface area contributed by atoms with E-state index in [9.17, 15) is 26.4 Å². The number of fused-ring (bicyclic) bond motifs is 1. The fraction of sp³-hybridized carbons (Fsp3) is 0.429. The molecular weight excluding hydrogens is 461 g/mol. The molecular formula is C21H21F3N4O4S. The van der Waals surface area contributed by atoms with Crippen LogP contribution in [0.1, 0.15) is 43.6 Å². The minimum Gasteiger partial charge on any atom is -0.404 e. The van der Waals surface area contributed by atoms with Crippen molar-refractivity contribution in [2.45, 2.75) is 39.6 Å². The van der Waals surface area contributed by atoms with Crippen molar-refractivity contribution in [3.63, 3.8) is 0 Å². The molecule has 4 rings (SSSR count). The third kappa shape index (κ3) is 4.85. The van der Waals surface area contributed by atoms with E-state index in [1.807, 2.05) is 13.8 Å². The largest absolute Gasteiger partial charge is 0.573 e. The molecule has 0 amide bonds. The number of nitrogens with zero attached hydrogens (tertiary/aromatic N) is 4. The number of carbonyl (C=O) groups excluding carboxylic acids is 1. The molecule has 4 heterocycles. The maximum absolute atomic E-state index is 12.8. The van der Waals surface area contributed by atoms with Crippen molar-refractivity contribution < 1.29 is 31.1 Å². The van der Waals surface area contributed by atoms with Crippen LogP contribution in [0, 0.1) is 5.41 Å². The number of Topliss-reactive ketones (excluding diaryl/α,β-unsaturated/α-hetero) is 1. The van der Waals surface area contributed by atoms with Crippen LogP contribution >= 0.6 is 0 Å². The average Bonchev–Trinajstić information content (AvgIpc) is 3.04. The van der Waals surface area contributed by atoms with E-state index in [2.05, 4.69) is 19.8 Å². The van der Waals surface area contributed by atoms with E-state index in [-0.39, 0.29) is 35.3 Å². The number of ether oxygens (including phenoxy) is 1. The highest BCUT2D eigenvalue weighted by Crippen LogP contribution is 2.37. The molecule has 0 aromatic carbocycles. The minimum atomic E-state index is -4.86. The monoisotopic (exact) mass is 482 g/mol. The molecule has 0 radical (unpaired) electrons. The Kier molecular flexibility index (Phi) is 5.46. The Morgan fingerprint density at radius 1 is 1.21 bits per heavy atom. The van der Waals surface area contributed by atoms with Gasteiger partial charge in [-0.1, -0.05) is 6.92 Å². The fourth-order valence-corrected chi connectivity index (χ4v) is 6.35. The summed E-state index contributed by atoms with van der Waals surface area (Å²) in [5.41, 5.74) is 1.21. The molecule has 0 N–H and O–H groups in total. The summed E-state index contributed by atoms with van der Waals surface area (Å²) in [7, 11) is -3.08. The van der Waals surface area contributed by atoms with E-state index in [1.165, 1.54) is 18.5 Å². The second kappa shape index (κ2) is 7.79. The smallest absolute Gasteiger partial charge is 0.404 e. The molecule has 0 unspecified atom stereocenters. The fourth-order valence-electron chi connectivity index (χ4n) is 4.11. The first-order valence-corrected chi connectivity index (χ1v) is 11.9. The Labute approximate surface area is 187 Å². The molecule has 0 aliphatic carbocycles. The molecule has 3 aromatic heterocycles. The molecule has 176 valence electrons. The van der Waals surface area contributed by atoms with Crippen molar-refractivity contribution in [1.29, 1.82) is 0 Å². The van der Waals surface area contributed by atoms with Crippen LogP contribution in [-0.2, 0) is 9.84 Å². The highest BCUT2D eigenvalue weighted by molar-refractivity contribution is 7.92. The molecule has 0 bridgehead atoms. The van der Waals surface area contributed by atoms with E-state index in [1.54, 1.807) is 17.7 Å². The number of rotatable bonds is 6. The predicted octanol–water partition coefficient (Wildman–Crippen LogP) is 3.98. The van der Waals surface area contributed by atoms with Crippen LogP contribution in [0.25, 0.3) is 22.3 Å². The number of aromatic nitrogens is 4. The quantitative estimate of drug-likeness (QED) is 0.490. The maximum atomic E-state index is 12.8. The van der Waals surface area contributed by atoms with Gasteiger partial charge < -0.3 is 4.74 Å². The van der Waals surface area contributed by atoms with Gasteiger partial charge in [-0.3, -0.25) is 19.4 Å². The summed E-state index contributed by atoms with van der Waals surface area (Å²) in [6.45, 7) is 5.50. The molecule has 0 spiro atoms. The average molecular weight is 482 g/mol. The Morgan fingerprint density at radius 2 is 1.91 bits per heavy atom. The maximum Gasteiger partial charge on any atom is 0.573 e. The van der Waals surface area contributed by atoms with Crippen LogP contribution < -0.4 is 4.74 Å². The number of halogens is 3. The molecule has 1 aliphatic heterocycles. The van der Waals surface area contributed by atoms with Gasteiger partial charge in [0.1, 0.15) is 17.0 Å². The number of alkyl halides is 3. The van der Waals surface area contributed by atoms with E-state index in [0.29, 0.717) is 22.3 Å². The van der Waals surface area contributed by atoms with Crippen LogP contribution in [0.15, 0.2) is 30.7 Å². The standard InChI is InChI=1S/C21H21F3N4O4S/c1-12(2)28-16-5-13(17(29)6-20(3)10-33(30,31)11-20)8-26-19(16)18(27-28)14-4-15(9-25-7-14)32-21(22,23)24/h4-5,7-9,12H,6,10-11H2,1-3H3. The molecule has 3 aromatic rings. The van der Waals surface area contributed by atoms with Crippen LogP contribution in [-0.4, -0.2) is 51.8 Å². The first-order valence-electron chi connectivity index (χ1n) is 10.1. The summed E-state index contributed by atoms with van der Waals surface area (Å²) in [6, 6.07) is 2.66. The zero-order valence-corrected chi connectivity index (χ0v) is 18.9. The van der Waals surface area contributed by atoms with Gasteiger partial charge in [0.2, 0.25) is 0 Å². The Hall–Kier alpha value is -3.02. The summed E-state index contributed by atoms with van der Waals surface area (Å²) < 4.78 is 66.5. The summed E-state index contributed by atoms with van der Waals surface area (Å²) in [4.78, 5) is 21.0. The third-order valence-corrected chi connectivity index (χ3v) is 7.58. The Bertz CT molecular complexity index is 1340. The van der Waals surface area contributed by atoms with Gasteiger partial charge >= 0.3 is 6.36 Å². The second-order valence-corrected chi connectivity index (χ2v) is 10.9. The predicted molar refractivity (Wildman–Crippen MR) is 114 cm³/mol. The number of hydrogen-bond donors (Lipinski definition) is 0. The lowest BCUT2D eigenvalue weighted by atomic mass is 9.86. The van der Waals surface area contributed by atoms with Crippen molar-refractivity contribution in [2.24, 2.45) is 5.41 Å². The van der Waals surface area contributed by atoms with E-state index >= 15 is 0 Å². The van der Waals surface area contributed by atoms with Gasteiger partial charge in [-0.05, 0) is 26.0 Å². The molecule has 0 saturated carbocycles. The van der Waals surface area contributed by atoms with Crippen LogP contribution in [0.4, 0.5) is 13.2 Å². The van der Waals surface area contributed by atoms with Crippen molar-refractivity contribution in [3.05, 3.63) is 36.3 Å². The number of pyridine rings is 2. The highest BCUT2D eigenvalue weighted by atomic mass is 32.2. The number of carbonyl (C=O) groups is 1. The van der Waals surface area contributed by atoms with Crippen LogP contribution in [0.3, 0.4) is 0 Å². The van der Waals surface area contributed by atoms with E-state index in [4.69, 9.17) is 0 Å². The molecule has 1 aliphatic rings. The van der Waals surface area contributed by atoms with Crippen molar-refractivity contribution in [2.75, 3.05) is 11.5 Å². The zero-order chi connectivity index (χ0) is 24.2. The first kappa shape index (κ1) is 23.1. The van der Waals surface area contributed by atoms with Gasteiger partial charge in [0.25, 0.3) is 0 Å². The lowest BCUT2D eigenvalue weighted by Crippen LogP contribution is -2.47. The molecule has 12 heteroatoms. The van der Waals surface area contributed by atoms with Gasteiger partial charge in [0, 0.05) is 41.4 Å². The van der Waals surface area contributed by atoms with Crippen LogP contribution in [0.2, 0.25) is 0 Å². The zero-order valence-electron chi connectivity index (χ0n) is 18.0. The SMILES string of the molecule is CC(C)n1nc(-c2cncc(OC(F)(F)F)c2)c2ncc(C(=O)CC3(C)CS(=O)(=O)C3)cc21. The first-order chi connectivity index (χ1) is 15.3. The Morgan fingerprint density at radius 3 is 2.52 bits per heavy atom. The third-order valence-electron chi connectivity index (χ3n) is 5.30. The number of hydrogen-bond acceptors (Lipinski definition) is 7. The van der Waals surface area contributed by atoms with Gasteiger partial charge in [-0.15, -0.1) is 13.2 Å². The lowest BCUT2D eigenvalue weighted by Gasteiger charge is -2.37. The summed E-state index contributed by atoms with van der Waals surface area (Å²) >= 11 is 0. The van der Waals surface area contributed by atoms with Gasteiger partial charge in [-0.25, -0.2) is 8.42 Å². The number of ketones is 1. The van der Waals surface area contributed by atoms with Crippen LogP contribution in [0.5, 0.6) is 5.75 Å². The van der Waals surface area contributed by atoms with Crippen molar-refractivity contribution >= 4 is 26.7 Å². The topological polar surface area (TPSA) is 104 Å². The molecule has 1 saturated heterocycles. The van der Waals surface area contributed by atoms with Crippen molar-refractivity contribution in [3.8, 4) is 17.0 Å². The van der Waals surface area contributed by atoms with E-state index in [0.717, 1.165) is 6.20 Å². The van der Waals surface area contributed by atoms with Crippen molar-refractivity contribution in [1.82, 2.24) is 19.7 Å². The van der Waals surface area contributed by atoms with Gasteiger partial charge in [-0.2, -0.15) is 5.10 Å². The summed E-state index contributed by atoms with van der Waals surface area (Å²) in [5, 5.41) is 4.50. The molecule has 8 nitrogen and oxygen atoms in total. The Balaban J connectivity index is 1.71.